The minimum atomic E-state index is -3.40. The van der Waals surface area contributed by atoms with Crippen molar-refractivity contribution in [1.82, 2.24) is 14.8 Å². The molecule has 1 aromatic heterocycles. The number of aromatic nitrogens is 3. The summed E-state index contributed by atoms with van der Waals surface area (Å²) in [6, 6.07) is 9.34. The van der Waals surface area contributed by atoms with E-state index in [0.717, 1.165) is 5.56 Å². The summed E-state index contributed by atoms with van der Waals surface area (Å²) < 4.78 is 25.4. The first-order valence-corrected chi connectivity index (χ1v) is 8.03. The second-order valence-electron chi connectivity index (χ2n) is 3.98. The molecule has 0 aliphatic carbocycles. The van der Waals surface area contributed by atoms with Gasteiger partial charge < -0.3 is 18.7 Å². The van der Waals surface area contributed by atoms with Gasteiger partial charge in [-0.2, -0.15) is 0 Å². The van der Waals surface area contributed by atoms with Crippen molar-refractivity contribution in [2.75, 3.05) is 13.2 Å². The van der Waals surface area contributed by atoms with Gasteiger partial charge >= 0.3 is 26.5 Å². The molecule has 0 bridgehead atoms. The van der Waals surface area contributed by atoms with Crippen LogP contribution in [0.25, 0.3) is 0 Å². The first-order valence-electron chi connectivity index (χ1n) is 6.42. The van der Waals surface area contributed by atoms with Gasteiger partial charge in [0.1, 0.15) is 0 Å². The van der Waals surface area contributed by atoms with Gasteiger partial charge in [0.2, 0.25) is 0 Å². The van der Waals surface area contributed by atoms with E-state index in [9.17, 15) is 4.57 Å². The van der Waals surface area contributed by atoms with Crippen LogP contribution in [0.1, 0.15) is 25.2 Å². The number of rotatable bonds is 7. The maximum Gasteiger partial charge on any atom is 1.00 e. The van der Waals surface area contributed by atoms with Crippen molar-refractivity contribution in [3.05, 3.63) is 48.5 Å². The van der Waals surface area contributed by atoms with Crippen molar-refractivity contribution in [2.24, 2.45) is 0 Å². The van der Waals surface area contributed by atoms with E-state index in [-0.39, 0.29) is 18.9 Å². The van der Waals surface area contributed by atoms with Crippen LogP contribution in [0.2, 0.25) is 0 Å². The maximum atomic E-state index is 13.1. The molecular formula is C13H17LiN3O3P. The third kappa shape index (κ3) is 4.29. The average Bonchev–Trinajstić information content (AvgIpc) is 2.94. The molecule has 0 N–H and O–H groups in total. The molecule has 0 aliphatic rings. The zero-order valence-electron chi connectivity index (χ0n) is 12.5. The first kappa shape index (κ1) is 18.2. The number of nitrogens with zero attached hydrogens (tertiary/aromatic N) is 3. The summed E-state index contributed by atoms with van der Waals surface area (Å²) in [7, 11) is -3.40. The third-order valence-corrected chi connectivity index (χ3v) is 5.03. The van der Waals surface area contributed by atoms with Crippen LogP contribution in [0.3, 0.4) is 0 Å². The molecule has 8 heteroatoms. The molecule has 21 heavy (non-hydrogen) atoms. The van der Waals surface area contributed by atoms with Crippen LogP contribution in [0, 0.1) is 6.33 Å². The van der Waals surface area contributed by atoms with Gasteiger partial charge in [-0.25, -0.2) is 0 Å². The Morgan fingerprint density at radius 3 is 2.33 bits per heavy atom. The normalized spacial score (nSPS) is 12.7. The Kier molecular flexibility index (Phi) is 7.37. The maximum absolute atomic E-state index is 13.1. The van der Waals surface area contributed by atoms with E-state index in [1.165, 1.54) is 11.0 Å². The molecule has 0 saturated heterocycles. The minimum absolute atomic E-state index is 0. The Balaban J connectivity index is 0.00000220. The van der Waals surface area contributed by atoms with Crippen LogP contribution in [-0.2, 0) is 13.6 Å². The summed E-state index contributed by atoms with van der Waals surface area (Å²) in [6.45, 7) is 4.14. The van der Waals surface area contributed by atoms with Gasteiger partial charge in [-0.3, -0.25) is 9.66 Å². The summed E-state index contributed by atoms with van der Waals surface area (Å²) in [5, 5.41) is 3.97. The zero-order valence-corrected chi connectivity index (χ0v) is 13.4. The van der Waals surface area contributed by atoms with E-state index in [1.54, 1.807) is 13.8 Å². The summed E-state index contributed by atoms with van der Waals surface area (Å²) >= 11 is 0. The molecule has 108 valence electrons. The van der Waals surface area contributed by atoms with Gasteiger partial charge in [0.25, 0.3) is 0 Å². The minimum Gasteiger partial charge on any atom is -0.420 e. The largest absolute Gasteiger partial charge is 1.00 e. The van der Waals surface area contributed by atoms with Gasteiger partial charge in [0.15, 0.2) is 5.78 Å². The fourth-order valence-electron chi connectivity index (χ4n) is 1.95. The fraction of sp³-hybridized carbons (Fsp3) is 0.385. The Morgan fingerprint density at radius 1 is 1.24 bits per heavy atom. The number of hydrogen-bond acceptors (Lipinski definition) is 5. The van der Waals surface area contributed by atoms with Crippen LogP contribution in [0.5, 0.6) is 0 Å². The standard InChI is InChI=1S/C13H17N3O3P.Li/c1-3-18-20(17,19-4-2)13(16-11-14-10-15-16)12-8-6-5-7-9-12;/h5-9,11,13H,3-4H2,1-2H3;/q-1;+1. The Morgan fingerprint density at radius 2 is 1.86 bits per heavy atom. The van der Waals surface area contributed by atoms with Gasteiger partial charge in [-0.1, -0.05) is 30.3 Å². The van der Waals surface area contributed by atoms with E-state index in [0.29, 0.717) is 13.2 Å². The van der Waals surface area contributed by atoms with Crippen LogP contribution < -0.4 is 18.9 Å². The van der Waals surface area contributed by atoms with Crippen LogP contribution >= 0.6 is 7.60 Å². The Labute approximate surface area is 136 Å². The summed E-state index contributed by atoms with van der Waals surface area (Å²) in [6.07, 6.45) is 3.93. The van der Waals surface area contributed by atoms with Crippen LogP contribution in [0.15, 0.2) is 36.7 Å². The molecule has 2 aromatic rings. The molecule has 0 saturated carbocycles. The topological polar surface area (TPSA) is 66.2 Å². The molecule has 0 amide bonds. The molecule has 6 nitrogen and oxygen atoms in total. The van der Waals surface area contributed by atoms with Gasteiger partial charge in [0, 0.05) is 0 Å². The summed E-state index contributed by atoms with van der Waals surface area (Å²) in [5.41, 5.74) is 0.789. The second kappa shape index (κ2) is 8.53. The van der Waals surface area contributed by atoms with Gasteiger partial charge in [0.05, 0.1) is 13.2 Å². The van der Waals surface area contributed by atoms with Crippen molar-refractivity contribution in [2.45, 2.75) is 19.6 Å². The van der Waals surface area contributed by atoms with E-state index >= 15 is 0 Å². The van der Waals surface area contributed by atoms with E-state index in [1.807, 2.05) is 30.3 Å². The molecule has 0 aliphatic heterocycles. The van der Waals surface area contributed by atoms with E-state index < -0.39 is 13.4 Å². The SMILES string of the molecule is CCOP(=O)(OCC)C(c1ccccc1)n1cn[c-]n1.[Li+]. The third-order valence-electron chi connectivity index (χ3n) is 2.66. The molecule has 0 fully saturated rings. The molecule has 1 aromatic carbocycles. The van der Waals surface area contributed by atoms with Crippen molar-refractivity contribution in [3.8, 4) is 0 Å². The van der Waals surface area contributed by atoms with Crippen LogP contribution in [-0.4, -0.2) is 28.0 Å². The summed E-state index contributed by atoms with van der Waals surface area (Å²) in [4.78, 5) is 3.80. The quantitative estimate of drug-likeness (QED) is 0.406. The smallest absolute Gasteiger partial charge is 0.420 e. The number of benzene rings is 1. The monoisotopic (exact) mass is 301 g/mol. The molecular weight excluding hydrogens is 284 g/mol. The van der Waals surface area contributed by atoms with Gasteiger partial charge in [-0.15, -0.1) is 0 Å². The first-order chi connectivity index (χ1) is 9.71. The van der Waals surface area contributed by atoms with Crippen molar-refractivity contribution in [3.63, 3.8) is 0 Å². The average molecular weight is 301 g/mol. The zero-order chi connectivity index (χ0) is 14.4. The second-order valence-corrected chi connectivity index (χ2v) is 6.07. The number of hydrogen-bond donors (Lipinski definition) is 0. The Bertz CT molecular complexity index is 555. The predicted octanol–water partition coefficient (Wildman–Crippen LogP) is -0.105. The molecule has 2 rings (SSSR count). The molecule has 1 atom stereocenters. The van der Waals surface area contributed by atoms with Crippen molar-refractivity contribution in [1.29, 1.82) is 0 Å². The molecule has 0 radical (unpaired) electrons. The predicted molar refractivity (Wildman–Crippen MR) is 74.3 cm³/mol. The Hall–Kier alpha value is -0.893. The van der Waals surface area contributed by atoms with E-state index in [2.05, 4.69) is 16.4 Å². The van der Waals surface area contributed by atoms with Gasteiger partial charge in [-0.05, 0) is 32.1 Å². The van der Waals surface area contributed by atoms with Crippen molar-refractivity contribution >= 4 is 7.60 Å². The molecule has 0 spiro atoms. The van der Waals surface area contributed by atoms with Crippen LogP contribution in [0.4, 0.5) is 0 Å². The van der Waals surface area contributed by atoms with E-state index in [4.69, 9.17) is 9.05 Å². The van der Waals surface area contributed by atoms with Crippen molar-refractivity contribution < 1.29 is 32.5 Å². The molecule has 1 heterocycles. The molecule has 1 unspecified atom stereocenters. The fourth-order valence-corrected chi connectivity index (χ4v) is 3.96. The summed E-state index contributed by atoms with van der Waals surface area (Å²) in [5.74, 6) is -0.664.